The number of carbonyl (C=O) groups excluding carboxylic acids is 1. The smallest absolute Gasteiger partial charge is 0.251 e. The lowest BCUT2D eigenvalue weighted by Gasteiger charge is -2.21. The summed E-state index contributed by atoms with van der Waals surface area (Å²) in [6, 6.07) is 10.3. The van der Waals surface area contributed by atoms with Crippen LogP contribution in [0.4, 0.5) is 18.9 Å². The highest BCUT2D eigenvalue weighted by molar-refractivity contribution is 5.96. The number of aromatic nitrogens is 1. The molecule has 1 atom stereocenters. The molecule has 2 aromatic carbocycles. The lowest BCUT2D eigenvalue weighted by Crippen LogP contribution is -2.32. The molecule has 0 saturated heterocycles. The van der Waals surface area contributed by atoms with E-state index in [9.17, 15) is 18.0 Å². The topological polar surface area (TPSA) is 112 Å². The quantitative estimate of drug-likeness (QED) is 0.283. The van der Waals surface area contributed by atoms with Crippen LogP contribution in [0.2, 0.25) is 0 Å². The van der Waals surface area contributed by atoms with Gasteiger partial charge in [-0.15, -0.1) is 0 Å². The minimum atomic E-state index is -2.83. The number of nitrogens with one attached hydrogen (secondary N) is 1. The predicted molar refractivity (Wildman–Crippen MR) is 152 cm³/mol. The third kappa shape index (κ3) is 6.11. The SMILES string of the molecule is C/C(N)=C/c1cc(C(=O)NCC(c2cc3c(c(-c4ccc(F)cc4)n2)OCC3(C)C)C(F)F)cc(OC2CC2)c1N. The Kier molecular flexibility index (Phi) is 7.59. The van der Waals surface area contributed by atoms with Gasteiger partial charge in [0.15, 0.2) is 0 Å². The fourth-order valence-electron chi connectivity index (χ4n) is 4.76. The van der Waals surface area contributed by atoms with Gasteiger partial charge in [-0.25, -0.2) is 18.2 Å². The maximum absolute atomic E-state index is 14.5. The van der Waals surface area contributed by atoms with E-state index in [1.165, 1.54) is 30.3 Å². The van der Waals surface area contributed by atoms with Crippen molar-refractivity contribution in [3.63, 3.8) is 0 Å². The highest BCUT2D eigenvalue weighted by atomic mass is 19.3. The Labute approximate surface area is 236 Å². The number of amides is 1. The summed E-state index contributed by atoms with van der Waals surface area (Å²) in [6.07, 6.45) is 0.615. The van der Waals surface area contributed by atoms with Crippen LogP contribution in [0.3, 0.4) is 0 Å². The summed E-state index contributed by atoms with van der Waals surface area (Å²) in [5.74, 6) is -1.57. The van der Waals surface area contributed by atoms with E-state index >= 15 is 0 Å². The molecule has 2 heterocycles. The number of nitrogens with two attached hydrogens (primary N) is 2. The van der Waals surface area contributed by atoms with Gasteiger partial charge in [0.1, 0.15) is 23.0 Å². The maximum Gasteiger partial charge on any atom is 0.251 e. The predicted octanol–water partition coefficient (Wildman–Crippen LogP) is 5.78. The Morgan fingerprint density at radius 2 is 1.93 bits per heavy atom. The first-order valence-corrected chi connectivity index (χ1v) is 13.5. The molecule has 1 aliphatic carbocycles. The molecule has 1 aromatic heterocycles. The van der Waals surface area contributed by atoms with Crippen molar-refractivity contribution in [2.75, 3.05) is 18.9 Å². The van der Waals surface area contributed by atoms with Crippen LogP contribution in [0.25, 0.3) is 17.3 Å². The van der Waals surface area contributed by atoms with Crippen molar-refractivity contribution in [1.29, 1.82) is 0 Å². The fourth-order valence-corrected chi connectivity index (χ4v) is 4.76. The average Bonchev–Trinajstić information content (AvgIpc) is 3.68. The van der Waals surface area contributed by atoms with E-state index in [0.29, 0.717) is 46.3 Å². The Morgan fingerprint density at radius 3 is 2.56 bits per heavy atom. The molecule has 1 amide bonds. The van der Waals surface area contributed by atoms with Crippen molar-refractivity contribution in [1.82, 2.24) is 10.3 Å². The van der Waals surface area contributed by atoms with Crippen LogP contribution < -0.4 is 26.3 Å². The van der Waals surface area contributed by atoms with Crippen molar-refractivity contribution in [2.45, 2.75) is 57.5 Å². The molecule has 0 bridgehead atoms. The molecule has 5 rings (SSSR count). The van der Waals surface area contributed by atoms with E-state index in [0.717, 1.165) is 18.4 Å². The van der Waals surface area contributed by atoms with Crippen LogP contribution in [0, 0.1) is 5.82 Å². The van der Waals surface area contributed by atoms with Crippen molar-refractivity contribution in [2.24, 2.45) is 5.73 Å². The Bertz CT molecular complexity index is 1500. The summed E-state index contributed by atoms with van der Waals surface area (Å²) >= 11 is 0. The molecule has 5 N–H and O–H groups in total. The third-order valence-electron chi connectivity index (χ3n) is 7.22. The van der Waals surface area contributed by atoms with Crippen molar-refractivity contribution in [3.05, 3.63) is 76.4 Å². The number of allylic oxidation sites excluding steroid dienone is 1. The highest BCUT2D eigenvalue weighted by Crippen LogP contribution is 2.45. The number of halogens is 3. The number of benzene rings is 2. The summed E-state index contributed by atoms with van der Waals surface area (Å²) in [5.41, 5.74) is 14.9. The normalized spacial score (nSPS) is 16.7. The zero-order valence-electron chi connectivity index (χ0n) is 23.1. The van der Waals surface area contributed by atoms with E-state index in [-0.39, 0.29) is 23.9 Å². The number of ether oxygens (including phenoxy) is 2. The summed E-state index contributed by atoms with van der Waals surface area (Å²) in [4.78, 5) is 17.8. The average molecular weight is 567 g/mol. The first-order chi connectivity index (χ1) is 19.4. The second-order valence-corrected chi connectivity index (χ2v) is 11.3. The molecular formula is C31H33F3N4O3. The number of nitrogens with zero attached hydrogens (tertiary/aromatic N) is 1. The zero-order chi connectivity index (χ0) is 29.5. The number of hydrogen-bond acceptors (Lipinski definition) is 6. The molecule has 7 nitrogen and oxygen atoms in total. The fraction of sp³-hybridized carbons (Fsp3) is 0.355. The molecule has 2 aliphatic rings. The second kappa shape index (κ2) is 11.0. The van der Waals surface area contributed by atoms with E-state index in [1.54, 1.807) is 25.1 Å². The van der Waals surface area contributed by atoms with Crippen molar-refractivity contribution >= 4 is 17.7 Å². The zero-order valence-corrected chi connectivity index (χ0v) is 23.1. The molecular weight excluding hydrogens is 533 g/mol. The standard InChI is InChI=1S/C31H33F3N4O3/c1-16(35)10-18-11-19(12-25(26(18)36)41-21-8-9-21)30(39)37-14-22(29(33)34)24-13-23-28(40-15-31(23,2)3)27(38-24)17-4-6-20(32)7-5-17/h4-7,10-13,21-22,29H,8-9,14-15,35-36H2,1-3H3,(H,37,39)/b16-10-. The largest absolute Gasteiger partial charge is 0.490 e. The number of alkyl halides is 2. The Hall–Kier alpha value is -4.21. The maximum atomic E-state index is 14.5. The molecule has 216 valence electrons. The third-order valence-corrected chi connectivity index (χ3v) is 7.22. The van der Waals surface area contributed by atoms with E-state index < -0.39 is 29.5 Å². The highest BCUT2D eigenvalue weighted by Gasteiger charge is 2.37. The number of anilines is 1. The van der Waals surface area contributed by atoms with Crippen LogP contribution in [-0.2, 0) is 5.41 Å². The molecule has 0 radical (unpaired) electrons. The van der Waals surface area contributed by atoms with Gasteiger partial charge in [-0.3, -0.25) is 4.79 Å². The van der Waals surface area contributed by atoms with Gasteiger partial charge in [-0.2, -0.15) is 0 Å². The van der Waals surface area contributed by atoms with E-state index in [2.05, 4.69) is 10.3 Å². The first kappa shape index (κ1) is 28.3. The van der Waals surface area contributed by atoms with E-state index in [1.807, 2.05) is 13.8 Å². The summed E-state index contributed by atoms with van der Waals surface area (Å²) in [7, 11) is 0. The molecule has 1 aliphatic heterocycles. The van der Waals surface area contributed by atoms with Gasteiger partial charge < -0.3 is 26.3 Å². The second-order valence-electron chi connectivity index (χ2n) is 11.3. The van der Waals surface area contributed by atoms with Gasteiger partial charge in [0.05, 0.1) is 30.0 Å². The van der Waals surface area contributed by atoms with Gasteiger partial charge in [0, 0.05) is 39.9 Å². The Balaban J connectivity index is 1.46. The Morgan fingerprint density at radius 1 is 1.22 bits per heavy atom. The minimum absolute atomic E-state index is 0.0315. The molecule has 10 heteroatoms. The van der Waals surface area contributed by atoms with Crippen LogP contribution in [0.5, 0.6) is 11.5 Å². The lowest BCUT2D eigenvalue weighted by molar-refractivity contribution is 0.0898. The number of hydrogen-bond donors (Lipinski definition) is 3. The van der Waals surface area contributed by atoms with Crippen LogP contribution in [0.15, 0.2) is 48.2 Å². The molecule has 1 unspecified atom stereocenters. The van der Waals surface area contributed by atoms with Gasteiger partial charge in [0.25, 0.3) is 5.91 Å². The van der Waals surface area contributed by atoms with Crippen molar-refractivity contribution < 1.29 is 27.4 Å². The van der Waals surface area contributed by atoms with Gasteiger partial charge in [-0.1, -0.05) is 13.8 Å². The molecule has 1 fully saturated rings. The number of rotatable bonds is 9. The number of nitrogen functional groups attached to an aromatic ring is 1. The summed E-state index contributed by atoms with van der Waals surface area (Å²) in [6.45, 7) is 5.56. The first-order valence-electron chi connectivity index (χ1n) is 13.5. The summed E-state index contributed by atoms with van der Waals surface area (Å²) in [5, 5.41) is 2.64. The number of pyridine rings is 1. The van der Waals surface area contributed by atoms with Gasteiger partial charge in [-0.05, 0) is 68.3 Å². The molecule has 0 spiro atoms. The van der Waals surface area contributed by atoms with E-state index in [4.69, 9.17) is 20.9 Å². The minimum Gasteiger partial charge on any atom is -0.490 e. The monoisotopic (exact) mass is 566 g/mol. The number of fused-ring (bicyclic) bond motifs is 1. The molecule has 3 aromatic rings. The van der Waals surface area contributed by atoms with Crippen LogP contribution in [0.1, 0.15) is 66.7 Å². The van der Waals surface area contributed by atoms with Gasteiger partial charge in [0.2, 0.25) is 6.43 Å². The van der Waals surface area contributed by atoms with Crippen molar-refractivity contribution in [3.8, 4) is 22.8 Å². The summed E-state index contributed by atoms with van der Waals surface area (Å²) < 4.78 is 54.5. The van der Waals surface area contributed by atoms with Crippen LogP contribution in [-0.4, -0.2) is 36.6 Å². The lowest BCUT2D eigenvalue weighted by atomic mass is 9.85. The number of carbonyl (C=O) groups is 1. The molecule has 41 heavy (non-hydrogen) atoms. The molecule has 1 saturated carbocycles. The van der Waals surface area contributed by atoms with Crippen LogP contribution >= 0.6 is 0 Å². The van der Waals surface area contributed by atoms with Gasteiger partial charge >= 0.3 is 0 Å².